The predicted molar refractivity (Wildman–Crippen MR) is 103 cm³/mol. The van der Waals surface area contributed by atoms with Gasteiger partial charge in [-0.2, -0.15) is 0 Å². The van der Waals surface area contributed by atoms with Crippen molar-refractivity contribution in [3.05, 3.63) is 74.6 Å². The number of benzene rings is 2. The molecule has 5 heteroatoms. The molecule has 0 amide bonds. The Labute approximate surface area is 150 Å². The maximum absolute atomic E-state index is 10.6. The van der Waals surface area contributed by atoms with Crippen LogP contribution in [0.3, 0.4) is 0 Å². The molecule has 1 heterocycles. The van der Waals surface area contributed by atoms with Crippen LogP contribution in [0.5, 0.6) is 5.88 Å². The molecule has 122 valence electrons. The second-order valence-electron chi connectivity index (χ2n) is 5.61. The first-order valence-electron chi connectivity index (χ1n) is 7.66. The van der Waals surface area contributed by atoms with E-state index in [4.69, 9.17) is 12.2 Å². The lowest BCUT2D eigenvalue weighted by molar-refractivity contribution is 0.405. The minimum absolute atomic E-state index is 0.0314. The molecule has 0 spiro atoms. The number of aromatic nitrogens is 1. The molecular weight excluding hydrogens is 336 g/mol. The first-order chi connectivity index (χ1) is 11.6. The molecule has 3 aromatic rings. The Balaban J connectivity index is 1.94. The van der Waals surface area contributed by atoms with Gasteiger partial charge < -0.3 is 5.11 Å². The Morgan fingerprint density at radius 1 is 1.17 bits per heavy atom. The summed E-state index contributed by atoms with van der Waals surface area (Å²) < 4.78 is 2.40. The molecule has 1 aromatic heterocycles. The van der Waals surface area contributed by atoms with E-state index in [0.29, 0.717) is 8.83 Å². The van der Waals surface area contributed by atoms with Gasteiger partial charge in [0.2, 0.25) is 5.88 Å². The van der Waals surface area contributed by atoms with Gasteiger partial charge in [0.05, 0.1) is 17.9 Å². The number of aromatic hydroxyl groups is 1. The summed E-state index contributed by atoms with van der Waals surface area (Å²) in [5.41, 5.74) is 3.11. The average molecular weight is 355 g/mol. The van der Waals surface area contributed by atoms with Crippen molar-refractivity contribution >= 4 is 35.5 Å². The van der Waals surface area contributed by atoms with Gasteiger partial charge in [-0.3, -0.25) is 9.56 Å². The third-order valence-electron chi connectivity index (χ3n) is 3.84. The Kier molecular flexibility index (Phi) is 4.92. The van der Waals surface area contributed by atoms with Crippen molar-refractivity contribution in [2.75, 3.05) is 0 Å². The molecule has 0 radical (unpaired) electrons. The smallest absolute Gasteiger partial charge is 0.212 e. The number of hydrogen-bond donors (Lipinski definition) is 1. The second-order valence-corrected chi connectivity index (χ2v) is 7.29. The van der Waals surface area contributed by atoms with Crippen molar-refractivity contribution < 1.29 is 5.11 Å². The van der Waals surface area contributed by atoms with Gasteiger partial charge in [-0.05, 0) is 49.3 Å². The molecule has 1 atom stereocenters. The molecule has 1 unspecified atom stereocenters. The molecule has 2 aromatic carbocycles. The highest BCUT2D eigenvalue weighted by Gasteiger charge is 2.16. The summed E-state index contributed by atoms with van der Waals surface area (Å²) in [5, 5.41) is 10.6. The average Bonchev–Trinajstić information content (AvgIpc) is 2.87. The highest BCUT2D eigenvalue weighted by atomic mass is 32.1. The number of aliphatic imine (C=N–C) groups is 1. The summed E-state index contributed by atoms with van der Waals surface area (Å²) in [6, 6.07) is 17.9. The molecule has 0 saturated carbocycles. The zero-order valence-corrected chi connectivity index (χ0v) is 15.1. The quantitative estimate of drug-likeness (QED) is 0.485. The van der Waals surface area contributed by atoms with Gasteiger partial charge in [-0.1, -0.05) is 53.8 Å². The molecule has 0 aliphatic carbocycles. The highest BCUT2D eigenvalue weighted by molar-refractivity contribution is 7.73. The van der Waals surface area contributed by atoms with E-state index < -0.39 is 0 Å². The first-order valence-corrected chi connectivity index (χ1v) is 8.88. The molecule has 0 bridgehead atoms. The maximum Gasteiger partial charge on any atom is 0.212 e. The number of thiazole rings is 1. The lowest BCUT2D eigenvalue weighted by Gasteiger charge is -2.14. The van der Waals surface area contributed by atoms with E-state index in [1.165, 1.54) is 11.3 Å². The van der Waals surface area contributed by atoms with Crippen molar-refractivity contribution in [1.82, 2.24) is 4.57 Å². The van der Waals surface area contributed by atoms with Gasteiger partial charge in [0.15, 0.2) is 3.95 Å². The van der Waals surface area contributed by atoms with E-state index in [0.717, 1.165) is 16.8 Å². The standard InChI is InChI=1S/C19H18N2OS2/c1-13-7-6-10-16(11-13)20-12-17-18(22)21(19(23)24-17)14(2)15-8-4-3-5-9-15/h3-12,14,22H,1-2H3. The molecule has 3 nitrogen and oxygen atoms in total. The number of nitrogens with zero attached hydrogens (tertiary/aromatic N) is 2. The Bertz CT molecular complexity index is 926. The third kappa shape index (κ3) is 3.47. The van der Waals surface area contributed by atoms with Gasteiger partial charge in [0.1, 0.15) is 4.88 Å². The molecule has 3 rings (SSSR count). The number of aryl methyl sites for hydroxylation is 1. The van der Waals surface area contributed by atoms with Crippen LogP contribution < -0.4 is 0 Å². The fourth-order valence-corrected chi connectivity index (χ4v) is 3.88. The van der Waals surface area contributed by atoms with Crippen LogP contribution in [0.1, 0.15) is 29.0 Å². The summed E-state index contributed by atoms with van der Waals surface area (Å²) in [6.07, 6.45) is 1.68. The molecule has 0 saturated heterocycles. The minimum atomic E-state index is -0.0314. The van der Waals surface area contributed by atoms with E-state index in [2.05, 4.69) is 4.99 Å². The molecule has 24 heavy (non-hydrogen) atoms. The van der Waals surface area contributed by atoms with Crippen molar-refractivity contribution in [2.24, 2.45) is 4.99 Å². The first kappa shape index (κ1) is 16.6. The van der Waals surface area contributed by atoms with Gasteiger partial charge in [0, 0.05) is 0 Å². The normalized spacial score (nSPS) is 12.6. The van der Waals surface area contributed by atoms with Gasteiger partial charge in [0.25, 0.3) is 0 Å². The van der Waals surface area contributed by atoms with Crippen LogP contribution in [0, 0.1) is 10.9 Å². The fourth-order valence-electron chi connectivity index (χ4n) is 2.54. The van der Waals surface area contributed by atoms with E-state index >= 15 is 0 Å². The lowest BCUT2D eigenvalue weighted by atomic mass is 10.1. The van der Waals surface area contributed by atoms with Crippen LogP contribution in [-0.4, -0.2) is 15.9 Å². The Hall–Kier alpha value is -2.24. The van der Waals surface area contributed by atoms with E-state index in [1.54, 1.807) is 10.8 Å². The zero-order chi connectivity index (χ0) is 17.1. The Morgan fingerprint density at radius 3 is 2.62 bits per heavy atom. The van der Waals surface area contributed by atoms with Crippen molar-refractivity contribution in [2.45, 2.75) is 19.9 Å². The van der Waals surface area contributed by atoms with Crippen LogP contribution in [0.2, 0.25) is 0 Å². The summed E-state index contributed by atoms with van der Waals surface area (Å²) in [5.74, 6) is 0.165. The van der Waals surface area contributed by atoms with Crippen LogP contribution >= 0.6 is 23.6 Å². The largest absolute Gasteiger partial charge is 0.493 e. The highest BCUT2D eigenvalue weighted by Crippen LogP contribution is 2.31. The summed E-state index contributed by atoms with van der Waals surface area (Å²) >= 11 is 6.81. The van der Waals surface area contributed by atoms with Crippen LogP contribution in [0.15, 0.2) is 59.6 Å². The van der Waals surface area contributed by atoms with E-state index in [-0.39, 0.29) is 11.9 Å². The molecular formula is C19H18N2OS2. The lowest BCUT2D eigenvalue weighted by Crippen LogP contribution is -2.06. The fraction of sp³-hybridized carbons (Fsp3) is 0.158. The molecule has 0 fully saturated rings. The summed E-state index contributed by atoms with van der Waals surface area (Å²) in [6.45, 7) is 4.05. The van der Waals surface area contributed by atoms with Crippen molar-refractivity contribution in [3.8, 4) is 5.88 Å². The van der Waals surface area contributed by atoms with Crippen molar-refractivity contribution in [1.29, 1.82) is 0 Å². The SMILES string of the molecule is Cc1cccc(N=Cc2sc(=S)n(C(C)c3ccccc3)c2O)c1. The summed E-state index contributed by atoms with van der Waals surface area (Å²) in [4.78, 5) is 5.12. The van der Waals surface area contributed by atoms with E-state index in [9.17, 15) is 5.11 Å². The third-order valence-corrected chi connectivity index (χ3v) is 5.17. The van der Waals surface area contributed by atoms with Crippen LogP contribution in [-0.2, 0) is 0 Å². The maximum atomic E-state index is 10.6. The van der Waals surface area contributed by atoms with Crippen LogP contribution in [0.4, 0.5) is 5.69 Å². The van der Waals surface area contributed by atoms with Crippen LogP contribution in [0.25, 0.3) is 0 Å². The minimum Gasteiger partial charge on any atom is -0.493 e. The van der Waals surface area contributed by atoms with E-state index in [1.807, 2.05) is 68.4 Å². The van der Waals surface area contributed by atoms with Gasteiger partial charge in [-0.15, -0.1) is 0 Å². The molecule has 0 aliphatic rings. The Morgan fingerprint density at radius 2 is 1.92 bits per heavy atom. The summed E-state index contributed by atoms with van der Waals surface area (Å²) in [7, 11) is 0. The topological polar surface area (TPSA) is 37.5 Å². The molecule has 1 N–H and O–H groups in total. The predicted octanol–water partition coefficient (Wildman–Crippen LogP) is 5.65. The molecule has 0 aliphatic heterocycles. The second kappa shape index (κ2) is 7.11. The van der Waals surface area contributed by atoms with Gasteiger partial charge >= 0.3 is 0 Å². The number of rotatable bonds is 4. The monoisotopic (exact) mass is 354 g/mol. The van der Waals surface area contributed by atoms with Gasteiger partial charge in [-0.25, -0.2) is 0 Å². The zero-order valence-electron chi connectivity index (χ0n) is 13.5. The number of hydrogen-bond acceptors (Lipinski definition) is 4. The van der Waals surface area contributed by atoms with Crippen molar-refractivity contribution in [3.63, 3.8) is 0 Å².